The van der Waals surface area contributed by atoms with Crippen molar-refractivity contribution in [2.24, 2.45) is 0 Å². The smallest absolute Gasteiger partial charge is 0.327 e. The van der Waals surface area contributed by atoms with E-state index in [2.05, 4.69) is 56.9 Å². The summed E-state index contributed by atoms with van der Waals surface area (Å²) in [6, 6.07) is 0. The van der Waals surface area contributed by atoms with Crippen LogP contribution in [0.3, 0.4) is 0 Å². The molecule has 0 aromatic rings. The van der Waals surface area contributed by atoms with E-state index in [0.29, 0.717) is 19.4 Å². The predicted octanol–water partition coefficient (Wildman–Crippen LogP) is 13.7. The van der Waals surface area contributed by atoms with Crippen molar-refractivity contribution in [3.05, 3.63) is 24.3 Å². The van der Waals surface area contributed by atoms with E-state index >= 15 is 0 Å². The Balaban J connectivity index is 4.42. The topological polar surface area (TPSA) is 91.4 Å². The number of hydrogen-bond donors (Lipinski definition) is 0. The maximum atomic E-state index is 13.0. The summed E-state index contributed by atoms with van der Waals surface area (Å²) < 4.78 is 35.4. The van der Waals surface area contributed by atoms with Gasteiger partial charge in [-0.05, 0) is 77.3 Å². The third kappa shape index (κ3) is 39.2. The summed E-state index contributed by atoms with van der Waals surface area (Å²) in [6.45, 7) is 12.5. The van der Waals surface area contributed by atoms with Crippen LogP contribution in [0.1, 0.15) is 207 Å². The van der Waals surface area contributed by atoms with Crippen molar-refractivity contribution >= 4 is 19.5 Å². The average Bonchev–Trinajstić information content (AvgIpc) is 3.17. The molecule has 0 aliphatic heterocycles. The maximum Gasteiger partial charge on any atom is 0.327 e. The number of likely N-dealkylation sites (N-methyl/N-ethyl adjacent to an activating group) is 1. The van der Waals surface area contributed by atoms with Gasteiger partial charge in [0.05, 0.1) is 13.2 Å². The van der Waals surface area contributed by atoms with E-state index in [1.165, 1.54) is 109 Å². The zero-order chi connectivity index (χ0) is 40.5. The second-order valence-corrected chi connectivity index (χ2v) is 17.4. The highest BCUT2D eigenvalue weighted by atomic mass is 31.2. The maximum absolute atomic E-state index is 13.0. The van der Waals surface area contributed by atoms with Gasteiger partial charge in [-0.15, -0.1) is 0 Å². The monoisotopic (exact) mass is 798 g/mol. The molecule has 0 aliphatic carbocycles. The molecule has 0 bridgehead atoms. The molecular weight excluding hydrogens is 709 g/mol. The van der Waals surface area contributed by atoms with Gasteiger partial charge >= 0.3 is 19.5 Å². The molecule has 0 amide bonds. The fraction of sp³-hybridized carbons (Fsp3) is 0.870. The minimum absolute atomic E-state index is 0.124. The molecule has 9 heteroatoms. The number of ether oxygens (including phenoxy) is 2. The molecule has 8 nitrogen and oxygen atoms in total. The van der Waals surface area contributed by atoms with Crippen molar-refractivity contribution in [3.8, 4) is 0 Å². The average molecular weight is 798 g/mol. The first kappa shape index (κ1) is 53.5. The summed E-state index contributed by atoms with van der Waals surface area (Å²) in [6.07, 6.45) is 40.1. The van der Waals surface area contributed by atoms with E-state index in [-0.39, 0.29) is 31.8 Å². The highest BCUT2D eigenvalue weighted by Gasteiger charge is 2.24. The van der Waals surface area contributed by atoms with Gasteiger partial charge in [-0.25, -0.2) is 0 Å². The van der Waals surface area contributed by atoms with Crippen LogP contribution in [0.2, 0.25) is 0 Å². The van der Waals surface area contributed by atoms with Gasteiger partial charge in [0, 0.05) is 26.1 Å². The van der Waals surface area contributed by atoms with Crippen molar-refractivity contribution in [2.75, 3.05) is 46.1 Å². The molecule has 0 aliphatic rings. The van der Waals surface area contributed by atoms with E-state index in [4.69, 9.17) is 18.5 Å². The molecule has 2 unspecified atom stereocenters. The third-order valence-corrected chi connectivity index (χ3v) is 11.4. The number of allylic oxidation sites excluding steroid dienone is 4. The predicted molar refractivity (Wildman–Crippen MR) is 233 cm³/mol. The van der Waals surface area contributed by atoms with E-state index in [9.17, 15) is 14.2 Å². The molecule has 0 N–H and O–H groups in total. The fourth-order valence-corrected chi connectivity index (χ4v) is 7.36. The van der Waals surface area contributed by atoms with Gasteiger partial charge < -0.3 is 23.4 Å². The molecule has 0 fully saturated rings. The Kier molecular flexibility index (Phi) is 39.6. The Labute approximate surface area is 340 Å². The van der Waals surface area contributed by atoms with Crippen molar-refractivity contribution in [1.29, 1.82) is 0 Å². The molecule has 324 valence electrons. The van der Waals surface area contributed by atoms with Crippen LogP contribution in [-0.2, 0) is 32.7 Å². The summed E-state index contributed by atoms with van der Waals surface area (Å²) in [5.41, 5.74) is 0. The largest absolute Gasteiger partial charge is 0.462 e. The zero-order valence-electron chi connectivity index (χ0n) is 36.7. The van der Waals surface area contributed by atoms with E-state index in [0.717, 1.165) is 77.3 Å². The first-order valence-electron chi connectivity index (χ1n) is 23.0. The summed E-state index contributed by atoms with van der Waals surface area (Å²) in [7, 11) is -3.38. The Morgan fingerprint density at radius 2 is 0.927 bits per heavy atom. The molecule has 55 heavy (non-hydrogen) atoms. The van der Waals surface area contributed by atoms with Gasteiger partial charge in [0.1, 0.15) is 6.61 Å². The first-order valence-corrected chi connectivity index (χ1v) is 25.0. The van der Waals surface area contributed by atoms with Crippen LogP contribution in [0, 0.1) is 0 Å². The van der Waals surface area contributed by atoms with Gasteiger partial charge in [-0.1, -0.05) is 155 Å². The van der Waals surface area contributed by atoms with Crippen LogP contribution in [0.4, 0.5) is 0 Å². The number of nitrogens with zero attached hydrogens (tertiary/aromatic N) is 1. The molecule has 0 saturated heterocycles. The third-order valence-electron chi connectivity index (χ3n) is 10.1. The van der Waals surface area contributed by atoms with Crippen molar-refractivity contribution in [3.63, 3.8) is 0 Å². The highest BCUT2D eigenvalue weighted by molar-refractivity contribution is 7.52. The molecule has 0 aromatic carbocycles. The molecule has 2 atom stereocenters. The van der Waals surface area contributed by atoms with Gasteiger partial charge in [0.2, 0.25) is 0 Å². The minimum Gasteiger partial charge on any atom is -0.462 e. The lowest BCUT2D eigenvalue weighted by Crippen LogP contribution is -2.30. The standard InChI is InChI=1S/C46H88NO7P/c1-6-10-12-14-16-18-20-22-24-26-28-30-32-34-36-38-45(48)51-42-44(43-53-55(5,50)52-41-40-47(8-3)9-4)54-46(49)39-37-35-33-31-29-27-25-23-21-19-17-15-13-11-7-2/h22-25,44H,6-21,26-43H2,1-5H3. The number of carbonyl (C=O) groups excluding carboxylic acids is 2. The molecule has 0 radical (unpaired) electrons. The number of carbonyl (C=O) groups is 2. The normalized spacial score (nSPS) is 13.6. The number of esters is 2. The Bertz CT molecular complexity index is 968. The lowest BCUT2D eigenvalue weighted by Gasteiger charge is -2.22. The second-order valence-electron chi connectivity index (χ2n) is 15.4. The molecule has 0 aromatic heterocycles. The van der Waals surface area contributed by atoms with E-state index in [1.807, 2.05) is 0 Å². The summed E-state index contributed by atoms with van der Waals surface area (Å²) in [4.78, 5) is 27.5. The lowest BCUT2D eigenvalue weighted by atomic mass is 10.1. The quantitative estimate of drug-likeness (QED) is 0.0261. The zero-order valence-corrected chi connectivity index (χ0v) is 37.6. The summed E-state index contributed by atoms with van der Waals surface area (Å²) in [5, 5.41) is 0. The molecule has 0 heterocycles. The lowest BCUT2D eigenvalue weighted by molar-refractivity contribution is -0.161. The molecule has 0 saturated carbocycles. The van der Waals surface area contributed by atoms with Crippen LogP contribution in [0.5, 0.6) is 0 Å². The van der Waals surface area contributed by atoms with Gasteiger partial charge in [-0.2, -0.15) is 0 Å². The van der Waals surface area contributed by atoms with E-state index in [1.54, 1.807) is 0 Å². The number of rotatable bonds is 42. The van der Waals surface area contributed by atoms with Crippen LogP contribution >= 0.6 is 7.60 Å². The summed E-state index contributed by atoms with van der Waals surface area (Å²) in [5.74, 6) is -0.668. The van der Waals surface area contributed by atoms with Crippen LogP contribution in [0.15, 0.2) is 24.3 Å². The van der Waals surface area contributed by atoms with Crippen LogP contribution < -0.4 is 0 Å². The number of hydrogen-bond acceptors (Lipinski definition) is 8. The number of unbranched alkanes of at least 4 members (excludes halogenated alkanes) is 22. The first-order chi connectivity index (χ1) is 26.8. The minimum atomic E-state index is -3.38. The van der Waals surface area contributed by atoms with Gasteiger partial charge in [0.25, 0.3) is 0 Å². The molecule has 0 rings (SSSR count). The molecular formula is C46H88NO7P. The van der Waals surface area contributed by atoms with Gasteiger partial charge in [-0.3, -0.25) is 14.2 Å². The van der Waals surface area contributed by atoms with Crippen molar-refractivity contribution in [1.82, 2.24) is 4.90 Å². The summed E-state index contributed by atoms with van der Waals surface area (Å²) >= 11 is 0. The van der Waals surface area contributed by atoms with Crippen molar-refractivity contribution < 1.29 is 32.7 Å². The van der Waals surface area contributed by atoms with Crippen LogP contribution in [0.25, 0.3) is 0 Å². The van der Waals surface area contributed by atoms with Crippen molar-refractivity contribution in [2.45, 2.75) is 214 Å². The SMILES string of the molecule is CCCCCCCCC=CCCCCCCCC(=O)OCC(COP(C)(=O)OCCN(CC)CC)OC(=O)CCCCCCCC=CCCCCCCCC. The second kappa shape index (κ2) is 40.7. The van der Waals surface area contributed by atoms with E-state index < -0.39 is 13.7 Å². The highest BCUT2D eigenvalue weighted by Crippen LogP contribution is 2.43. The fourth-order valence-electron chi connectivity index (χ4n) is 6.43. The Morgan fingerprint density at radius 3 is 1.36 bits per heavy atom. The Morgan fingerprint density at radius 1 is 0.527 bits per heavy atom. The molecule has 0 spiro atoms. The van der Waals surface area contributed by atoms with Crippen LogP contribution in [-0.4, -0.2) is 69.1 Å². The van der Waals surface area contributed by atoms with Gasteiger partial charge in [0.15, 0.2) is 6.10 Å². The Hall–Kier alpha value is -1.47.